The maximum Gasteiger partial charge on any atom is 0.180 e. The molecule has 0 amide bonds. The van der Waals surface area contributed by atoms with E-state index < -0.39 is 9.84 Å². The summed E-state index contributed by atoms with van der Waals surface area (Å²) >= 11 is 4.84. The Kier molecular flexibility index (Phi) is 5.90. The van der Waals surface area contributed by atoms with Crippen LogP contribution in [0.25, 0.3) is 0 Å². The largest absolute Gasteiger partial charge is 0.389 e. The van der Waals surface area contributed by atoms with Crippen LogP contribution >= 0.6 is 12.2 Å². The number of hydrogen-bond acceptors (Lipinski definition) is 4. The van der Waals surface area contributed by atoms with Gasteiger partial charge in [-0.1, -0.05) is 31.3 Å². The molecule has 4 nitrogen and oxygen atoms in total. The van der Waals surface area contributed by atoms with E-state index in [1.165, 1.54) is 6.07 Å². The number of rotatable bonds is 7. The average molecular weight is 301 g/mol. The first-order valence-corrected chi connectivity index (χ1v) is 8.17. The van der Waals surface area contributed by atoms with Gasteiger partial charge in [-0.05, 0) is 25.5 Å². The van der Waals surface area contributed by atoms with Crippen molar-refractivity contribution in [3.05, 3.63) is 29.8 Å². The van der Waals surface area contributed by atoms with Crippen LogP contribution in [0.1, 0.15) is 25.8 Å². The molecule has 6 heteroatoms. The number of hydrogen-bond donors (Lipinski definition) is 1. The maximum atomic E-state index is 12.1. The summed E-state index contributed by atoms with van der Waals surface area (Å²) in [6.07, 6.45) is 0.926. The van der Waals surface area contributed by atoms with E-state index in [2.05, 4.69) is 0 Å². The van der Waals surface area contributed by atoms with E-state index in [0.29, 0.717) is 5.56 Å². The Hall–Kier alpha value is -0.980. The molecule has 106 valence electrons. The van der Waals surface area contributed by atoms with Crippen molar-refractivity contribution in [2.45, 2.75) is 31.3 Å². The van der Waals surface area contributed by atoms with Crippen molar-refractivity contribution in [3.63, 3.8) is 0 Å². The lowest BCUT2D eigenvalue weighted by molar-refractivity contribution is 0.0752. The highest BCUT2D eigenvalue weighted by Crippen LogP contribution is 2.13. The van der Waals surface area contributed by atoms with E-state index in [-0.39, 0.29) is 28.3 Å². The minimum absolute atomic E-state index is 0.0435. The van der Waals surface area contributed by atoms with Crippen molar-refractivity contribution in [2.24, 2.45) is 5.73 Å². The Balaban J connectivity index is 2.77. The quantitative estimate of drug-likeness (QED) is 0.779. The summed E-state index contributed by atoms with van der Waals surface area (Å²) in [5, 5.41) is 0. The molecule has 0 heterocycles. The molecule has 1 aromatic rings. The lowest BCUT2D eigenvalue weighted by atomic mass is 10.2. The SMILES string of the molecule is CCC(C)OCCS(=O)(=O)c1cccc(C(N)=S)c1. The monoisotopic (exact) mass is 301 g/mol. The summed E-state index contributed by atoms with van der Waals surface area (Å²) in [5.41, 5.74) is 6.05. The predicted octanol–water partition coefficient (Wildman–Crippen LogP) is 1.91. The summed E-state index contributed by atoms with van der Waals surface area (Å²) in [7, 11) is -3.36. The third-order valence-electron chi connectivity index (χ3n) is 2.81. The van der Waals surface area contributed by atoms with Gasteiger partial charge in [-0.2, -0.15) is 0 Å². The molecule has 0 aliphatic rings. The number of nitrogens with two attached hydrogens (primary N) is 1. The van der Waals surface area contributed by atoms with E-state index in [9.17, 15) is 8.42 Å². The molecule has 0 radical (unpaired) electrons. The lowest BCUT2D eigenvalue weighted by Gasteiger charge is -2.11. The Morgan fingerprint density at radius 3 is 2.74 bits per heavy atom. The van der Waals surface area contributed by atoms with E-state index in [1.807, 2.05) is 13.8 Å². The summed E-state index contributed by atoms with van der Waals surface area (Å²) in [6, 6.07) is 6.37. The van der Waals surface area contributed by atoms with Crippen molar-refractivity contribution in [2.75, 3.05) is 12.4 Å². The fourth-order valence-corrected chi connectivity index (χ4v) is 2.71. The van der Waals surface area contributed by atoms with Crippen LogP contribution in [-0.4, -0.2) is 31.9 Å². The van der Waals surface area contributed by atoms with Gasteiger partial charge in [-0.15, -0.1) is 0 Å². The van der Waals surface area contributed by atoms with Crippen LogP contribution in [0.3, 0.4) is 0 Å². The standard InChI is InChI=1S/C13H19NO3S2/c1-3-10(2)17-7-8-19(15,16)12-6-4-5-11(9-12)13(14)18/h4-6,9-10H,3,7-8H2,1-2H3,(H2,14,18). The van der Waals surface area contributed by atoms with Crippen LogP contribution < -0.4 is 5.73 Å². The first-order chi connectivity index (χ1) is 8.86. The number of sulfone groups is 1. The second kappa shape index (κ2) is 6.98. The topological polar surface area (TPSA) is 69.4 Å². The van der Waals surface area contributed by atoms with Crippen molar-refractivity contribution in [3.8, 4) is 0 Å². The number of ether oxygens (including phenoxy) is 1. The van der Waals surface area contributed by atoms with E-state index in [1.54, 1.807) is 18.2 Å². The smallest absolute Gasteiger partial charge is 0.180 e. The molecule has 0 aliphatic carbocycles. The van der Waals surface area contributed by atoms with Gasteiger partial charge < -0.3 is 10.5 Å². The molecule has 0 spiro atoms. The first kappa shape index (κ1) is 16.1. The van der Waals surface area contributed by atoms with Gasteiger partial charge in [0.15, 0.2) is 9.84 Å². The Morgan fingerprint density at radius 2 is 2.16 bits per heavy atom. The second-order valence-electron chi connectivity index (χ2n) is 4.30. The highest BCUT2D eigenvalue weighted by atomic mass is 32.2. The normalized spacial score (nSPS) is 13.2. The summed E-state index contributed by atoms with van der Waals surface area (Å²) < 4.78 is 29.6. The zero-order valence-corrected chi connectivity index (χ0v) is 12.8. The third-order valence-corrected chi connectivity index (χ3v) is 4.72. The molecule has 0 aliphatic heterocycles. The molecule has 1 atom stereocenters. The molecule has 2 N–H and O–H groups in total. The van der Waals surface area contributed by atoms with Crippen molar-refractivity contribution in [1.29, 1.82) is 0 Å². The van der Waals surface area contributed by atoms with Gasteiger partial charge in [0.1, 0.15) is 4.99 Å². The first-order valence-electron chi connectivity index (χ1n) is 6.11. The zero-order valence-electron chi connectivity index (χ0n) is 11.1. The van der Waals surface area contributed by atoms with Gasteiger partial charge in [-0.3, -0.25) is 0 Å². The van der Waals surface area contributed by atoms with Crippen LogP contribution in [-0.2, 0) is 14.6 Å². The van der Waals surface area contributed by atoms with Crippen LogP contribution in [0.2, 0.25) is 0 Å². The van der Waals surface area contributed by atoms with Gasteiger partial charge >= 0.3 is 0 Å². The fourth-order valence-electron chi connectivity index (χ4n) is 1.44. The fraction of sp³-hybridized carbons (Fsp3) is 0.462. The van der Waals surface area contributed by atoms with Crippen LogP contribution in [0, 0.1) is 0 Å². The molecule has 0 aromatic heterocycles. The molecule has 19 heavy (non-hydrogen) atoms. The second-order valence-corrected chi connectivity index (χ2v) is 6.85. The molecular weight excluding hydrogens is 282 g/mol. The lowest BCUT2D eigenvalue weighted by Crippen LogP contribution is -2.17. The zero-order chi connectivity index (χ0) is 14.5. The van der Waals surface area contributed by atoms with Crippen molar-refractivity contribution in [1.82, 2.24) is 0 Å². The highest BCUT2D eigenvalue weighted by Gasteiger charge is 2.15. The van der Waals surface area contributed by atoms with Crippen molar-refractivity contribution < 1.29 is 13.2 Å². The maximum absolute atomic E-state index is 12.1. The van der Waals surface area contributed by atoms with Crippen molar-refractivity contribution >= 4 is 27.0 Å². The summed E-state index contributed by atoms with van der Waals surface area (Å²) in [6.45, 7) is 4.10. The van der Waals surface area contributed by atoms with Gasteiger partial charge in [0.25, 0.3) is 0 Å². The third kappa shape index (κ3) is 4.89. The van der Waals surface area contributed by atoms with Gasteiger partial charge in [0, 0.05) is 5.56 Å². The Morgan fingerprint density at radius 1 is 1.47 bits per heavy atom. The molecule has 0 saturated heterocycles. The number of thiocarbonyl (C=S) groups is 1. The van der Waals surface area contributed by atoms with Crippen LogP contribution in [0.4, 0.5) is 0 Å². The summed E-state index contributed by atoms with van der Waals surface area (Å²) in [5.74, 6) is -0.0435. The van der Waals surface area contributed by atoms with Crippen LogP contribution in [0.15, 0.2) is 29.2 Å². The Labute approximate surface area is 119 Å². The molecule has 1 aromatic carbocycles. The van der Waals surface area contributed by atoms with Gasteiger partial charge in [-0.25, -0.2) is 8.42 Å². The van der Waals surface area contributed by atoms with Gasteiger partial charge in [0.2, 0.25) is 0 Å². The molecule has 0 bridgehead atoms. The minimum Gasteiger partial charge on any atom is -0.389 e. The van der Waals surface area contributed by atoms with E-state index >= 15 is 0 Å². The van der Waals surface area contributed by atoms with Crippen LogP contribution in [0.5, 0.6) is 0 Å². The molecular formula is C13H19NO3S2. The number of benzene rings is 1. The highest BCUT2D eigenvalue weighted by molar-refractivity contribution is 7.91. The Bertz CT molecular complexity index is 541. The average Bonchev–Trinajstić information content (AvgIpc) is 2.38. The van der Waals surface area contributed by atoms with E-state index in [4.69, 9.17) is 22.7 Å². The van der Waals surface area contributed by atoms with E-state index in [0.717, 1.165) is 6.42 Å². The minimum atomic E-state index is -3.36. The molecule has 1 unspecified atom stereocenters. The molecule has 0 fully saturated rings. The van der Waals surface area contributed by atoms with Gasteiger partial charge in [0.05, 0.1) is 23.4 Å². The molecule has 0 saturated carbocycles. The predicted molar refractivity (Wildman–Crippen MR) is 80.1 cm³/mol. The summed E-state index contributed by atoms with van der Waals surface area (Å²) in [4.78, 5) is 0.415. The molecule has 1 rings (SSSR count).